The van der Waals surface area contributed by atoms with Crippen LogP contribution in [0.25, 0.3) is 0 Å². The lowest BCUT2D eigenvalue weighted by Gasteiger charge is -2.23. The molecule has 20 heavy (non-hydrogen) atoms. The second-order valence-corrected chi connectivity index (χ2v) is 5.10. The third-order valence-corrected chi connectivity index (χ3v) is 3.68. The highest BCUT2D eigenvalue weighted by Crippen LogP contribution is 2.18. The Bertz CT molecular complexity index is 457. The van der Waals surface area contributed by atoms with E-state index in [1.165, 1.54) is 0 Å². The van der Waals surface area contributed by atoms with Crippen LogP contribution in [0.4, 0.5) is 5.82 Å². The molecule has 0 spiro atoms. The van der Waals surface area contributed by atoms with Gasteiger partial charge in [-0.05, 0) is 44.5 Å². The minimum atomic E-state index is 0.277. The van der Waals surface area contributed by atoms with Crippen molar-refractivity contribution in [1.29, 1.82) is 5.26 Å². The first-order chi connectivity index (χ1) is 9.85. The highest BCUT2D eigenvalue weighted by Gasteiger charge is 2.17. The molecule has 1 aromatic heterocycles. The van der Waals surface area contributed by atoms with E-state index in [4.69, 9.17) is 10.4 Å². The van der Waals surface area contributed by atoms with Crippen LogP contribution in [0.5, 0.6) is 0 Å². The third kappa shape index (κ3) is 3.92. The zero-order valence-electron chi connectivity index (χ0n) is 11.8. The molecule has 0 amide bonds. The number of hydrogen-bond donors (Lipinski definition) is 1. The van der Waals surface area contributed by atoms with Crippen molar-refractivity contribution in [3.8, 4) is 6.07 Å². The lowest BCUT2D eigenvalue weighted by Crippen LogP contribution is -2.32. The van der Waals surface area contributed by atoms with E-state index in [1.807, 2.05) is 6.07 Å². The van der Waals surface area contributed by atoms with Gasteiger partial charge in [0.25, 0.3) is 0 Å². The van der Waals surface area contributed by atoms with Crippen molar-refractivity contribution in [2.24, 2.45) is 0 Å². The van der Waals surface area contributed by atoms with Gasteiger partial charge in [-0.15, -0.1) is 0 Å². The quantitative estimate of drug-likeness (QED) is 0.818. The fourth-order valence-corrected chi connectivity index (χ4v) is 2.59. The molecule has 1 saturated heterocycles. The largest absolute Gasteiger partial charge is 0.396 e. The Hall–Kier alpha value is -1.64. The summed E-state index contributed by atoms with van der Waals surface area (Å²) in [5.74, 6) is 0.812. The van der Waals surface area contributed by atoms with Crippen molar-refractivity contribution in [1.82, 2.24) is 9.88 Å². The molecule has 0 aromatic carbocycles. The summed E-state index contributed by atoms with van der Waals surface area (Å²) in [5.41, 5.74) is 0.654. The molecular weight excluding hydrogens is 252 g/mol. The summed E-state index contributed by atoms with van der Waals surface area (Å²) >= 11 is 0. The van der Waals surface area contributed by atoms with Gasteiger partial charge in [0.2, 0.25) is 0 Å². The van der Waals surface area contributed by atoms with E-state index >= 15 is 0 Å². The average molecular weight is 274 g/mol. The van der Waals surface area contributed by atoms with Crippen LogP contribution in [0, 0.1) is 11.3 Å². The maximum atomic E-state index is 9.16. The summed E-state index contributed by atoms with van der Waals surface area (Å²) < 4.78 is 0. The highest BCUT2D eigenvalue weighted by atomic mass is 16.2. The highest BCUT2D eigenvalue weighted by molar-refractivity contribution is 5.53. The standard InChI is InChI=1S/C15H22N4O/c16-13-14-5-3-6-17-15(14)19-9-4-8-18(10-11-19)7-1-2-12-20/h3,5-6,20H,1-2,4,7-12H2. The van der Waals surface area contributed by atoms with Crippen LogP contribution in [0.15, 0.2) is 18.3 Å². The number of nitrogens with zero attached hydrogens (tertiary/aromatic N) is 4. The first-order valence-electron chi connectivity index (χ1n) is 7.28. The summed E-state index contributed by atoms with van der Waals surface area (Å²) in [7, 11) is 0. The van der Waals surface area contributed by atoms with Gasteiger partial charge < -0.3 is 14.9 Å². The monoisotopic (exact) mass is 274 g/mol. The molecule has 0 saturated carbocycles. The van der Waals surface area contributed by atoms with E-state index in [9.17, 15) is 0 Å². The first-order valence-corrected chi connectivity index (χ1v) is 7.28. The van der Waals surface area contributed by atoms with Gasteiger partial charge >= 0.3 is 0 Å². The van der Waals surface area contributed by atoms with Gasteiger partial charge in [-0.3, -0.25) is 0 Å². The Kier molecular flexibility index (Phi) is 5.78. The van der Waals surface area contributed by atoms with E-state index in [1.54, 1.807) is 12.3 Å². The van der Waals surface area contributed by atoms with Gasteiger partial charge in [-0.2, -0.15) is 5.26 Å². The Labute approximate surface area is 120 Å². The van der Waals surface area contributed by atoms with E-state index in [-0.39, 0.29) is 6.61 Å². The molecule has 1 N–H and O–H groups in total. The zero-order chi connectivity index (χ0) is 14.2. The molecule has 5 heteroatoms. The molecule has 0 radical (unpaired) electrons. The van der Waals surface area contributed by atoms with Crippen LogP contribution in [0.3, 0.4) is 0 Å². The number of anilines is 1. The minimum Gasteiger partial charge on any atom is -0.396 e. The number of hydrogen-bond acceptors (Lipinski definition) is 5. The predicted octanol–water partition coefficient (Wildman–Crippen LogP) is 1.24. The van der Waals surface area contributed by atoms with Gasteiger partial charge in [0.1, 0.15) is 11.9 Å². The number of aliphatic hydroxyl groups is 1. The molecule has 1 aromatic rings. The molecule has 0 atom stereocenters. The summed E-state index contributed by atoms with van der Waals surface area (Å²) in [6, 6.07) is 5.85. The van der Waals surface area contributed by atoms with Crippen molar-refractivity contribution in [2.75, 3.05) is 44.2 Å². The van der Waals surface area contributed by atoms with Crippen molar-refractivity contribution < 1.29 is 5.11 Å². The molecule has 1 aliphatic heterocycles. The van der Waals surface area contributed by atoms with Gasteiger partial charge in [0, 0.05) is 32.4 Å². The molecule has 1 fully saturated rings. The number of nitriles is 1. The van der Waals surface area contributed by atoms with Crippen LogP contribution >= 0.6 is 0 Å². The maximum Gasteiger partial charge on any atom is 0.146 e. The lowest BCUT2D eigenvalue weighted by atomic mass is 10.2. The van der Waals surface area contributed by atoms with Crippen molar-refractivity contribution in [2.45, 2.75) is 19.3 Å². The van der Waals surface area contributed by atoms with Gasteiger partial charge in [-0.1, -0.05) is 0 Å². The second-order valence-electron chi connectivity index (χ2n) is 5.10. The Morgan fingerprint density at radius 3 is 2.95 bits per heavy atom. The van der Waals surface area contributed by atoms with Gasteiger partial charge in [0.15, 0.2) is 0 Å². The molecule has 1 aliphatic rings. The predicted molar refractivity (Wildman–Crippen MR) is 78.5 cm³/mol. The average Bonchev–Trinajstić information content (AvgIpc) is 2.73. The van der Waals surface area contributed by atoms with Gasteiger partial charge in [0.05, 0.1) is 5.56 Å². The molecule has 108 valence electrons. The van der Waals surface area contributed by atoms with Crippen LogP contribution in [0.2, 0.25) is 0 Å². The molecule has 0 bridgehead atoms. The zero-order valence-corrected chi connectivity index (χ0v) is 11.8. The number of pyridine rings is 1. The minimum absolute atomic E-state index is 0.277. The van der Waals surface area contributed by atoms with Crippen LogP contribution < -0.4 is 4.90 Å². The van der Waals surface area contributed by atoms with E-state index in [2.05, 4.69) is 20.9 Å². The second kappa shape index (κ2) is 7.83. The Morgan fingerprint density at radius 2 is 2.15 bits per heavy atom. The fourth-order valence-electron chi connectivity index (χ4n) is 2.59. The number of aromatic nitrogens is 1. The smallest absolute Gasteiger partial charge is 0.146 e. The van der Waals surface area contributed by atoms with Crippen molar-refractivity contribution in [3.05, 3.63) is 23.9 Å². The Balaban J connectivity index is 1.94. The lowest BCUT2D eigenvalue weighted by molar-refractivity contribution is 0.250. The molecule has 0 unspecified atom stereocenters. The van der Waals surface area contributed by atoms with Crippen LogP contribution in [0.1, 0.15) is 24.8 Å². The summed E-state index contributed by atoms with van der Waals surface area (Å²) in [5, 5.41) is 18.0. The number of rotatable bonds is 5. The SMILES string of the molecule is N#Cc1cccnc1N1CCCN(CCCCO)CC1. The van der Waals surface area contributed by atoms with E-state index in [0.717, 1.165) is 57.8 Å². The molecule has 2 rings (SSSR count). The van der Waals surface area contributed by atoms with E-state index in [0.29, 0.717) is 5.56 Å². The Morgan fingerprint density at radius 1 is 1.25 bits per heavy atom. The summed E-state index contributed by atoms with van der Waals surface area (Å²) in [6.45, 7) is 5.25. The molecular formula is C15H22N4O. The van der Waals surface area contributed by atoms with Crippen molar-refractivity contribution in [3.63, 3.8) is 0 Å². The van der Waals surface area contributed by atoms with Crippen LogP contribution in [-0.2, 0) is 0 Å². The van der Waals surface area contributed by atoms with Gasteiger partial charge in [-0.25, -0.2) is 4.98 Å². The van der Waals surface area contributed by atoms with E-state index < -0.39 is 0 Å². The molecule has 2 heterocycles. The third-order valence-electron chi connectivity index (χ3n) is 3.68. The normalized spacial score (nSPS) is 16.7. The number of unbranched alkanes of at least 4 members (excludes halogenated alkanes) is 1. The maximum absolute atomic E-state index is 9.16. The van der Waals surface area contributed by atoms with Crippen LogP contribution in [-0.4, -0.2) is 54.3 Å². The summed E-state index contributed by atoms with van der Waals surface area (Å²) in [6.07, 6.45) is 4.75. The molecule has 0 aliphatic carbocycles. The number of aliphatic hydroxyl groups excluding tert-OH is 1. The topological polar surface area (TPSA) is 63.4 Å². The summed E-state index contributed by atoms with van der Waals surface area (Å²) in [4.78, 5) is 9.02. The fraction of sp³-hybridized carbons (Fsp3) is 0.600. The molecule has 5 nitrogen and oxygen atoms in total. The van der Waals surface area contributed by atoms with Crippen molar-refractivity contribution >= 4 is 5.82 Å². The first kappa shape index (κ1) is 14.8.